The summed E-state index contributed by atoms with van der Waals surface area (Å²) in [5.74, 6) is -0.104. The van der Waals surface area contributed by atoms with Crippen LogP contribution < -0.4 is 5.73 Å². The third-order valence-electron chi connectivity index (χ3n) is 3.47. The van der Waals surface area contributed by atoms with E-state index in [1.54, 1.807) is 0 Å². The van der Waals surface area contributed by atoms with Crippen molar-refractivity contribution >= 4 is 15.7 Å². The number of nitrogens with zero attached hydrogens (tertiary/aromatic N) is 1. The summed E-state index contributed by atoms with van der Waals surface area (Å²) in [7, 11) is -3.03. The molecule has 1 amide bonds. The molecular formula is C10H18N2O4S. The van der Waals surface area contributed by atoms with Gasteiger partial charge in [0.1, 0.15) is 0 Å². The molecule has 6 nitrogen and oxygen atoms in total. The summed E-state index contributed by atoms with van der Waals surface area (Å²) in [6.45, 7) is -0.00363. The fraction of sp³-hybridized carbons (Fsp3) is 0.900. The molecule has 1 unspecified atom stereocenters. The van der Waals surface area contributed by atoms with Gasteiger partial charge in [0.25, 0.3) is 0 Å². The molecule has 3 N–H and O–H groups in total. The van der Waals surface area contributed by atoms with E-state index in [2.05, 4.69) is 0 Å². The highest BCUT2D eigenvalue weighted by molar-refractivity contribution is 7.91. The van der Waals surface area contributed by atoms with Gasteiger partial charge in [0.05, 0.1) is 23.7 Å². The molecule has 1 aliphatic heterocycles. The van der Waals surface area contributed by atoms with Crippen LogP contribution in [0, 0.1) is 0 Å². The summed E-state index contributed by atoms with van der Waals surface area (Å²) in [6, 6.07) is -0.319. The zero-order chi connectivity index (χ0) is 12.7. The standard InChI is InChI=1S/C10H18N2O4S/c11-10(2-3-10)9(14)12(4-5-13)8-1-6-17(15,16)7-8/h8,13H,1-7,11H2. The van der Waals surface area contributed by atoms with Crippen molar-refractivity contribution in [3.8, 4) is 0 Å². The van der Waals surface area contributed by atoms with E-state index in [0.717, 1.165) is 0 Å². The lowest BCUT2D eigenvalue weighted by Crippen LogP contribution is -2.51. The molecule has 0 aromatic carbocycles. The third-order valence-corrected chi connectivity index (χ3v) is 5.22. The number of rotatable bonds is 4. The molecule has 17 heavy (non-hydrogen) atoms. The van der Waals surface area contributed by atoms with Crippen LogP contribution in [0.1, 0.15) is 19.3 Å². The highest BCUT2D eigenvalue weighted by atomic mass is 32.2. The summed E-state index contributed by atoms with van der Waals surface area (Å²) in [5.41, 5.74) is 5.03. The van der Waals surface area contributed by atoms with E-state index in [1.165, 1.54) is 4.90 Å². The van der Waals surface area contributed by atoms with Gasteiger partial charge in [0.2, 0.25) is 5.91 Å². The Morgan fingerprint density at radius 3 is 2.53 bits per heavy atom. The fourth-order valence-corrected chi connectivity index (χ4v) is 3.94. The SMILES string of the molecule is NC1(C(=O)N(CCO)C2CCS(=O)(=O)C2)CC1. The van der Waals surface area contributed by atoms with E-state index in [0.29, 0.717) is 19.3 Å². The molecule has 0 bridgehead atoms. The highest BCUT2D eigenvalue weighted by Crippen LogP contribution is 2.35. The Balaban J connectivity index is 2.10. The van der Waals surface area contributed by atoms with Crippen molar-refractivity contribution in [1.82, 2.24) is 4.90 Å². The number of nitrogens with two attached hydrogens (primary N) is 1. The number of hydrogen-bond donors (Lipinski definition) is 2. The van der Waals surface area contributed by atoms with Crippen molar-refractivity contribution in [2.75, 3.05) is 24.7 Å². The van der Waals surface area contributed by atoms with Crippen LogP contribution in [0.5, 0.6) is 0 Å². The van der Waals surface area contributed by atoms with Crippen LogP contribution in [0.2, 0.25) is 0 Å². The lowest BCUT2D eigenvalue weighted by atomic mass is 10.1. The third kappa shape index (κ3) is 2.61. The molecule has 1 atom stereocenters. The average Bonchev–Trinajstić information content (AvgIpc) is 2.90. The lowest BCUT2D eigenvalue weighted by molar-refractivity contribution is -0.136. The predicted octanol–water partition coefficient (Wildman–Crippen LogP) is -1.51. The predicted molar refractivity (Wildman–Crippen MR) is 62.0 cm³/mol. The number of aliphatic hydroxyl groups excluding tert-OH is 1. The Morgan fingerprint density at radius 2 is 2.12 bits per heavy atom. The van der Waals surface area contributed by atoms with Gasteiger partial charge in [-0.15, -0.1) is 0 Å². The molecule has 1 heterocycles. The van der Waals surface area contributed by atoms with Crippen LogP contribution in [0.3, 0.4) is 0 Å². The van der Waals surface area contributed by atoms with Crippen molar-refractivity contribution in [2.45, 2.75) is 30.8 Å². The van der Waals surface area contributed by atoms with E-state index in [1.807, 2.05) is 0 Å². The van der Waals surface area contributed by atoms with Crippen molar-refractivity contribution in [3.63, 3.8) is 0 Å². The largest absolute Gasteiger partial charge is 0.395 e. The lowest BCUT2D eigenvalue weighted by Gasteiger charge is -2.30. The van der Waals surface area contributed by atoms with Crippen molar-refractivity contribution < 1.29 is 18.3 Å². The van der Waals surface area contributed by atoms with Gasteiger partial charge < -0.3 is 15.7 Å². The number of carbonyl (C=O) groups excluding carboxylic acids is 1. The van der Waals surface area contributed by atoms with Crippen molar-refractivity contribution in [1.29, 1.82) is 0 Å². The van der Waals surface area contributed by atoms with Gasteiger partial charge >= 0.3 is 0 Å². The van der Waals surface area contributed by atoms with Crippen LogP contribution in [-0.4, -0.2) is 60.6 Å². The number of amides is 1. The first kappa shape index (κ1) is 12.8. The van der Waals surface area contributed by atoms with Crippen molar-refractivity contribution in [3.05, 3.63) is 0 Å². The Morgan fingerprint density at radius 1 is 1.47 bits per heavy atom. The van der Waals surface area contributed by atoms with Gasteiger partial charge in [-0.05, 0) is 19.3 Å². The van der Waals surface area contributed by atoms with Gasteiger partial charge in [-0.25, -0.2) is 8.42 Å². The molecule has 0 aromatic rings. The van der Waals surface area contributed by atoms with E-state index < -0.39 is 15.4 Å². The maximum absolute atomic E-state index is 12.1. The fourth-order valence-electron chi connectivity index (χ4n) is 2.21. The average molecular weight is 262 g/mol. The molecule has 2 aliphatic rings. The Bertz CT molecular complexity index is 416. The molecule has 1 saturated carbocycles. The monoisotopic (exact) mass is 262 g/mol. The second-order valence-corrected chi connectivity index (χ2v) is 7.16. The smallest absolute Gasteiger partial charge is 0.243 e. The van der Waals surface area contributed by atoms with Crippen LogP contribution in [-0.2, 0) is 14.6 Å². The minimum atomic E-state index is -3.03. The zero-order valence-electron chi connectivity index (χ0n) is 9.63. The molecule has 1 aliphatic carbocycles. The number of sulfone groups is 1. The number of hydrogen-bond acceptors (Lipinski definition) is 5. The molecule has 0 spiro atoms. The number of carbonyl (C=O) groups is 1. The summed E-state index contributed by atoms with van der Waals surface area (Å²) < 4.78 is 22.8. The molecule has 2 rings (SSSR count). The second-order valence-electron chi connectivity index (χ2n) is 4.94. The first-order valence-corrected chi connectivity index (χ1v) is 7.61. The van der Waals surface area contributed by atoms with Crippen LogP contribution in [0.15, 0.2) is 0 Å². The molecular weight excluding hydrogens is 244 g/mol. The van der Waals surface area contributed by atoms with E-state index >= 15 is 0 Å². The molecule has 1 saturated heterocycles. The maximum Gasteiger partial charge on any atom is 0.243 e. The van der Waals surface area contributed by atoms with Crippen LogP contribution in [0.4, 0.5) is 0 Å². The first-order chi connectivity index (χ1) is 7.88. The quantitative estimate of drug-likeness (QED) is 0.641. The minimum Gasteiger partial charge on any atom is -0.395 e. The van der Waals surface area contributed by atoms with Gasteiger partial charge in [0, 0.05) is 12.6 Å². The molecule has 98 valence electrons. The molecule has 2 fully saturated rings. The van der Waals surface area contributed by atoms with Crippen molar-refractivity contribution in [2.24, 2.45) is 5.73 Å². The summed E-state index contributed by atoms with van der Waals surface area (Å²) in [5, 5.41) is 8.98. The Kier molecular flexibility index (Phi) is 3.17. The topological polar surface area (TPSA) is 101 Å². The van der Waals surface area contributed by atoms with Gasteiger partial charge in [0.15, 0.2) is 9.84 Å². The molecule has 0 radical (unpaired) electrons. The van der Waals surface area contributed by atoms with Crippen LogP contribution >= 0.6 is 0 Å². The zero-order valence-corrected chi connectivity index (χ0v) is 10.4. The van der Waals surface area contributed by atoms with Gasteiger partial charge in [-0.3, -0.25) is 4.79 Å². The molecule has 7 heteroatoms. The minimum absolute atomic E-state index is 0.00514. The maximum atomic E-state index is 12.1. The van der Waals surface area contributed by atoms with Gasteiger partial charge in [-0.2, -0.15) is 0 Å². The Labute approximate surface area is 101 Å². The second kappa shape index (κ2) is 4.22. The summed E-state index contributed by atoms with van der Waals surface area (Å²) in [4.78, 5) is 13.6. The van der Waals surface area contributed by atoms with E-state index in [9.17, 15) is 13.2 Å². The first-order valence-electron chi connectivity index (χ1n) is 5.79. The summed E-state index contributed by atoms with van der Waals surface area (Å²) >= 11 is 0. The van der Waals surface area contributed by atoms with Gasteiger partial charge in [-0.1, -0.05) is 0 Å². The molecule has 0 aromatic heterocycles. The van der Waals surface area contributed by atoms with E-state index in [-0.39, 0.29) is 36.6 Å². The van der Waals surface area contributed by atoms with Crippen LogP contribution in [0.25, 0.3) is 0 Å². The normalized spacial score (nSPS) is 28.9. The highest BCUT2D eigenvalue weighted by Gasteiger charge is 2.50. The summed E-state index contributed by atoms with van der Waals surface area (Å²) in [6.07, 6.45) is 1.74. The van der Waals surface area contributed by atoms with E-state index in [4.69, 9.17) is 10.8 Å². The number of aliphatic hydroxyl groups is 1. The Hall–Kier alpha value is -0.660.